The third-order valence-electron chi connectivity index (χ3n) is 5.33. The minimum absolute atomic E-state index is 0.0763. The Kier molecular flexibility index (Phi) is 6.67. The van der Waals surface area contributed by atoms with Gasteiger partial charge in [-0.2, -0.15) is 0 Å². The Morgan fingerprint density at radius 2 is 2.03 bits per heavy atom. The number of carbonyl (C=O) groups is 1. The van der Waals surface area contributed by atoms with E-state index in [1.54, 1.807) is 22.8 Å². The van der Waals surface area contributed by atoms with Crippen molar-refractivity contribution in [2.24, 2.45) is 5.92 Å². The summed E-state index contributed by atoms with van der Waals surface area (Å²) < 4.78 is 12.2. The van der Waals surface area contributed by atoms with Gasteiger partial charge in [-0.1, -0.05) is 18.7 Å². The van der Waals surface area contributed by atoms with Gasteiger partial charge in [-0.15, -0.1) is 11.3 Å². The fourth-order valence-electron chi connectivity index (χ4n) is 3.88. The van der Waals surface area contributed by atoms with Gasteiger partial charge in [0.2, 0.25) is 0 Å². The molecule has 2 heterocycles. The van der Waals surface area contributed by atoms with Crippen LogP contribution in [-0.4, -0.2) is 34.5 Å². The Labute approximate surface area is 189 Å². The van der Waals surface area contributed by atoms with Crippen LogP contribution in [0.2, 0.25) is 0 Å². The van der Waals surface area contributed by atoms with Crippen LogP contribution in [0.5, 0.6) is 5.75 Å². The Hall–Kier alpha value is -2.32. The topological polar surface area (TPSA) is 70.4 Å². The molecule has 0 bridgehead atoms. The van der Waals surface area contributed by atoms with Crippen molar-refractivity contribution in [1.29, 1.82) is 0 Å². The molecule has 0 N–H and O–H groups in total. The normalized spacial score (nSPS) is 15.6. The first-order valence-corrected chi connectivity index (χ1v) is 12.4. The standard InChI is InChI=1S/C23H26N2O4S2/c1-4-28-16-9-7-15(8-10-16)25-22(27)20-17-11-6-14(3)12-18(17)31-21(20)24-23(25)30-13-19(26)29-5-2/h7-10,14H,4-6,11-13H2,1-3H3. The molecule has 1 aromatic carbocycles. The maximum atomic E-state index is 13.7. The molecule has 31 heavy (non-hydrogen) atoms. The van der Waals surface area contributed by atoms with Crippen LogP contribution in [0.3, 0.4) is 0 Å². The number of carbonyl (C=O) groups excluding carboxylic acids is 1. The molecule has 0 saturated heterocycles. The van der Waals surface area contributed by atoms with Crippen LogP contribution in [0.1, 0.15) is 37.6 Å². The van der Waals surface area contributed by atoms with Gasteiger partial charge in [-0.05, 0) is 68.9 Å². The van der Waals surface area contributed by atoms with Crippen LogP contribution in [0.4, 0.5) is 0 Å². The number of hydrogen-bond acceptors (Lipinski definition) is 7. The van der Waals surface area contributed by atoms with Crippen molar-refractivity contribution in [3.8, 4) is 11.4 Å². The Balaban J connectivity index is 1.83. The van der Waals surface area contributed by atoms with Crippen molar-refractivity contribution in [2.45, 2.75) is 45.2 Å². The molecule has 8 heteroatoms. The quantitative estimate of drug-likeness (QED) is 0.292. The molecule has 6 nitrogen and oxygen atoms in total. The molecule has 3 aromatic rings. The number of thioether (sulfide) groups is 1. The van der Waals surface area contributed by atoms with Gasteiger partial charge in [-0.25, -0.2) is 4.98 Å². The summed E-state index contributed by atoms with van der Waals surface area (Å²) in [5.41, 5.74) is 1.78. The number of hydrogen-bond donors (Lipinski definition) is 0. The molecule has 1 aliphatic carbocycles. The van der Waals surface area contributed by atoms with Gasteiger partial charge in [0.15, 0.2) is 5.16 Å². The average molecular weight is 459 g/mol. The Morgan fingerprint density at radius 1 is 1.26 bits per heavy atom. The van der Waals surface area contributed by atoms with E-state index in [0.29, 0.717) is 30.0 Å². The number of rotatable bonds is 7. The summed E-state index contributed by atoms with van der Waals surface area (Å²) in [5.74, 6) is 1.15. The zero-order valence-electron chi connectivity index (χ0n) is 18.0. The molecule has 164 valence electrons. The lowest BCUT2D eigenvalue weighted by Crippen LogP contribution is -2.23. The number of aromatic nitrogens is 2. The van der Waals surface area contributed by atoms with E-state index >= 15 is 0 Å². The van der Waals surface area contributed by atoms with E-state index in [1.165, 1.54) is 16.6 Å². The van der Waals surface area contributed by atoms with Crippen LogP contribution in [0, 0.1) is 5.92 Å². The molecule has 2 aromatic heterocycles. The summed E-state index contributed by atoms with van der Waals surface area (Å²) in [7, 11) is 0. The highest BCUT2D eigenvalue weighted by Gasteiger charge is 2.25. The molecule has 0 amide bonds. The summed E-state index contributed by atoms with van der Waals surface area (Å²) in [6.45, 7) is 6.86. The second-order valence-electron chi connectivity index (χ2n) is 7.59. The van der Waals surface area contributed by atoms with E-state index in [-0.39, 0.29) is 17.3 Å². The first kappa shape index (κ1) is 21.9. The van der Waals surface area contributed by atoms with Gasteiger partial charge in [0.1, 0.15) is 10.6 Å². The highest BCUT2D eigenvalue weighted by Crippen LogP contribution is 2.37. The van der Waals surface area contributed by atoms with Crippen molar-refractivity contribution < 1.29 is 14.3 Å². The van der Waals surface area contributed by atoms with E-state index < -0.39 is 0 Å². The van der Waals surface area contributed by atoms with Gasteiger partial charge < -0.3 is 9.47 Å². The summed E-state index contributed by atoms with van der Waals surface area (Å²) in [5, 5.41) is 1.22. The van der Waals surface area contributed by atoms with Crippen molar-refractivity contribution in [1.82, 2.24) is 9.55 Å². The molecule has 1 aliphatic rings. The van der Waals surface area contributed by atoms with Crippen molar-refractivity contribution >= 4 is 39.3 Å². The summed E-state index contributed by atoms with van der Waals surface area (Å²) in [4.78, 5) is 32.5. The minimum Gasteiger partial charge on any atom is -0.494 e. The summed E-state index contributed by atoms with van der Waals surface area (Å²) in [6, 6.07) is 7.41. The molecule has 4 rings (SSSR count). The van der Waals surface area contributed by atoms with E-state index in [4.69, 9.17) is 14.5 Å². The number of aryl methyl sites for hydroxylation is 1. The molecule has 0 spiro atoms. The predicted octanol–water partition coefficient (Wildman–Crippen LogP) is 4.63. The Morgan fingerprint density at radius 3 is 2.74 bits per heavy atom. The number of thiophene rings is 1. The number of fused-ring (bicyclic) bond motifs is 3. The SMILES string of the molecule is CCOC(=O)CSc1nc2sc3c(c2c(=O)n1-c1ccc(OCC)cc1)CCC(C)C3. The van der Waals surface area contributed by atoms with Gasteiger partial charge in [0.25, 0.3) is 5.56 Å². The lowest BCUT2D eigenvalue weighted by molar-refractivity contribution is -0.139. The first-order chi connectivity index (χ1) is 15.0. The molecule has 0 saturated carbocycles. The van der Waals surface area contributed by atoms with E-state index in [0.717, 1.165) is 40.8 Å². The van der Waals surface area contributed by atoms with Crippen LogP contribution >= 0.6 is 23.1 Å². The van der Waals surface area contributed by atoms with Crippen LogP contribution in [0.15, 0.2) is 34.2 Å². The fourth-order valence-corrected chi connectivity index (χ4v) is 6.11. The average Bonchev–Trinajstić information content (AvgIpc) is 3.11. The predicted molar refractivity (Wildman–Crippen MR) is 125 cm³/mol. The lowest BCUT2D eigenvalue weighted by atomic mass is 9.89. The molecular weight excluding hydrogens is 432 g/mol. The third kappa shape index (κ3) is 4.50. The minimum atomic E-state index is -0.320. The lowest BCUT2D eigenvalue weighted by Gasteiger charge is -2.18. The largest absolute Gasteiger partial charge is 0.494 e. The van der Waals surface area contributed by atoms with Crippen LogP contribution in [-0.2, 0) is 22.4 Å². The fraction of sp³-hybridized carbons (Fsp3) is 0.435. The molecule has 0 fully saturated rings. The first-order valence-electron chi connectivity index (χ1n) is 10.6. The van der Waals surface area contributed by atoms with E-state index in [2.05, 4.69) is 6.92 Å². The summed E-state index contributed by atoms with van der Waals surface area (Å²) >= 11 is 2.85. The van der Waals surface area contributed by atoms with E-state index in [9.17, 15) is 9.59 Å². The zero-order chi connectivity index (χ0) is 22.0. The van der Waals surface area contributed by atoms with E-state index in [1.807, 2.05) is 31.2 Å². The number of nitrogens with zero attached hydrogens (tertiary/aromatic N) is 2. The second-order valence-corrected chi connectivity index (χ2v) is 9.61. The van der Waals surface area contributed by atoms with Gasteiger partial charge in [0, 0.05) is 4.88 Å². The van der Waals surface area contributed by atoms with Crippen molar-refractivity contribution in [3.63, 3.8) is 0 Å². The molecule has 1 unspecified atom stereocenters. The maximum Gasteiger partial charge on any atom is 0.316 e. The van der Waals surface area contributed by atoms with Gasteiger partial charge in [0.05, 0.1) is 30.0 Å². The maximum absolute atomic E-state index is 13.7. The summed E-state index contributed by atoms with van der Waals surface area (Å²) in [6.07, 6.45) is 2.98. The molecule has 0 radical (unpaired) electrons. The zero-order valence-corrected chi connectivity index (χ0v) is 19.6. The smallest absolute Gasteiger partial charge is 0.316 e. The van der Waals surface area contributed by atoms with Crippen LogP contribution < -0.4 is 10.3 Å². The number of ether oxygens (including phenoxy) is 2. The van der Waals surface area contributed by atoms with Crippen molar-refractivity contribution in [3.05, 3.63) is 45.1 Å². The van der Waals surface area contributed by atoms with Crippen LogP contribution in [0.25, 0.3) is 15.9 Å². The monoisotopic (exact) mass is 458 g/mol. The number of esters is 1. The molecule has 1 atom stereocenters. The van der Waals surface area contributed by atoms with Gasteiger partial charge >= 0.3 is 5.97 Å². The highest BCUT2D eigenvalue weighted by atomic mass is 32.2. The number of benzene rings is 1. The Bertz CT molecular complexity index is 1150. The third-order valence-corrected chi connectivity index (χ3v) is 7.39. The highest BCUT2D eigenvalue weighted by molar-refractivity contribution is 7.99. The van der Waals surface area contributed by atoms with Crippen molar-refractivity contribution in [2.75, 3.05) is 19.0 Å². The van der Waals surface area contributed by atoms with Gasteiger partial charge in [-0.3, -0.25) is 14.2 Å². The molecular formula is C23H26N2O4S2. The molecule has 0 aliphatic heterocycles. The second kappa shape index (κ2) is 9.44.